The standard InChI is InChI=1S/C25H28F2N4O3/c1-25(26,27)18-8-6-16(7-9-18)22(33)17-10-14-31(15-11-17)21(32)5-3-4-20-28-23-19(24(34)29-20)12-13-30(23)2/h6-9,12-13,17H,3-5,10-11,14-15H2,1-2H3,(H,28,29,34). The quantitative estimate of drug-likeness (QED) is 0.532. The number of piperidine rings is 1. The predicted octanol–water partition coefficient (Wildman–Crippen LogP) is 3.82. The summed E-state index contributed by atoms with van der Waals surface area (Å²) in [7, 11) is 1.83. The first-order valence-corrected chi connectivity index (χ1v) is 11.5. The van der Waals surface area contributed by atoms with E-state index >= 15 is 0 Å². The first-order valence-electron chi connectivity index (χ1n) is 11.5. The van der Waals surface area contributed by atoms with Crippen LogP contribution in [0, 0.1) is 5.92 Å². The number of nitrogens with zero attached hydrogens (tertiary/aromatic N) is 3. The van der Waals surface area contributed by atoms with Gasteiger partial charge in [-0.05, 0) is 25.3 Å². The number of benzene rings is 1. The van der Waals surface area contributed by atoms with Crippen LogP contribution in [-0.2, 0) is 24.2 Å². The molecule has 1 amide bonds. The van der Waals surface area contributed by atoms with Gasteiger partial charge >= 0.3 is 0 Å². The van der Waals surface area contributed by atoms with Gasteiger partial charge in [0.2, 0.25) is 5.91 Å². The summed E-state index contributed by atoms with van der Waals surface area (Å²) in [5, 5.41) is 0.541. The Hall–Kier alpha value is -3.36. The van der Waals surface area contributed by atoms with Gasteiger partial charge in [-0.15, -0.1) is 0 Å². The second kappa shape index (κ2) is 9.48. The number of nitrogens with one attached hydrogen (secondary N) is 1. The van der Waals surface area contributed by atoms with E-state index in [2.05, 4.69) is 9.97 Å². The van der Waals surface area contributed by atoms with Gasteiger partial charge in [-0.2, -0.15) is 0 Å². The van der Waals surface area contributed by atoms with E-state index in [4.69, 9.17) is 0 Å². The SMILES string of the molecule is Cn1ccc2c(=O)[nH]c(CCCC(=O)N3CCC(C(=O)c4ccc(C(C)(F)F)cc4)CC3)nc21. The molecular formula is C25H28F2N4O3. The highest BCUT2D eigenvalue weighted by atomic mass is 19.3. The fraction of sp³-hybridized carbons (Fsp3) is 0.440. The first kappa shape index (κ1) is 23.8. The number of hydrogen-bond donors (Lipinski definition) is 1. The largest absolute Gasteiger partial charge is 0.343 e. The van der Waals surface area contributed by atoms with Crippen molar-refractivity contribution < 1.29 is 18.4 Å². The summed E-state index contributed by atoms with van der Waals surface area (Å²) in [6.45, 7) is 1.81. The normalized spacial score (nSPS) is 15.1. The minimum Gasteiger partial charge on any atom is -0.343 e. The van der Waals surface area contributed by atoms with Crippen LogP contribution in [0.2, 0.25) is 0 Å². The molecule has 1 saturated heterocycles. The molecule has 3 heterocycles. The van der Waals surface area contributed by atoms with Crippen LogP contribution in [0.1, 0.15) is 54.4 Å². The summed E-state index contributed by atoms with van der Waals surface area (Å²) in [6.07, 6.45) is 4.27. The molecule has 1 aromatic carbocycles. The maximum atomic E-state index is 13.4. The van der Waals surface area contributed by atoms with Gasteiger partial charge in [0.25, 0.3) is 11.5 Å². The Bertz CT molecular complexity index is 1250. The van der Waals surface area contributed by atoms with E-state index in [1.54, 1.807) is 21.7 Å². The average Bonchev–Trinajstić information content (AvgIpc) is 3.19. The number of aromatic amines is 1. The number of carbonyl (C=O) groups is 2. The minimum atomic E-state index is -2.94. The molecule has 180 valence electrons. The van der Waals surface area contributed by atoms with Gasteiger partial charge in [-0.1, -0.05) is 24.3 Å². The van der Waals surface area contributed by atoms with E-state index in [-0.39, 0.29) is 28.7 Å². The molecule has 0 bridgehead atoms. The number of carbonyl (C=O) groups excluding carboxylic acids is 2. The van der Waals surface area contributed by atoms with Crippen LogP contribution >= 0.6 is 0 Å². The van der Waals surface area contributed by atoms with Crippen molar-refractivity contribution in [3.8, 4) is 0 Å². The zero-order valence-corrected chi connectivity index (χ0v) is 19.3. The Kier molecular flexibility index (Phi) is 6.63. The molecule has 7 nitrogen and oxygen atoms in total. The van der Waals surface area contributed by atoms with Crippen LogP contribution in [0.3, 0.4) is 0 Å². The number of rotatable bonds is 7. The van der Waals surface area contributed by atoms with E-state index in [1.807, 2.05) is 7.05 Å². The molecule has 2 aromatic heterocycles. The van der Waals surface area contributed by atoms with Gasteiger partial charge in [0.1, 0.15) is 11.5 Å². The molecule has 3 aromatic rings. The van der Waals surface area contributed by atoms with E-state index in [0.717, 1.165) is 6.92 Å². The van der Waals surface area contributed by atoms with Crippen molar-refractivity contribution >= 4 is 22.7 Å². The minimum absolute atomic E-state index is 0.0164. The smallest absolute Gasteiger partial charge is 0.270 e. The van der Waals surface area contributed by atoms with Crippen molar-refractivity contribution in [1.29, 1.82) is 0 Å². The number of halogens is 2. The molecule has 0 radical (unpaired) electrons. The first-order chi connectivity index (χ1) is 16.1. The molecule has 0 saturated carbocycles. The van der Waals surface area contributed by atoms with Crippen molar-refractivity contribution in [2.45, 2.75) is 45.0 Å². The van der Waals surface area contributed by atoms with E-state index in [1.165, 1.54) is 24.3 Å². The van der Waals surface area contributed by atoms with Crippen molar-refractivity contribution in [2.24, 2.45) is 13.0 Å². The number of fused-ring (bicyclic) bond motifs is 1. The van der Waals surface area contributed by atoms with Crippen molar-refractivity contribution in [2.75, 3.05) is 13.1 Å². The topological polar surface area (TPSA) is 88.1 Å². The summed E-state index contributed by atoms with van der Waals surface area (Å²) in [4.78, 5) is 46.6. The van der Waals surface area contributed by atoms with Gasteiger partial charge in [0.15, 0.2) is 5.78 Å². The third kappa shape index (κ3) is 5.08. The summed E-state index contributed by atoms with van der Waals surface area (Å²) < 4.78 is 28.6. The lowest BCUT2D eigenvalue weighted by atomic mass is 9.88. The highest BCUT2D eigenvalue weighted by molar-refractivity contribution is 5.98. The molecule has 1 aliphatic rings. The third-order valence-corrected chi connectivity index (χ3v) is 6.48. The number of aryl methyl sites for hydroxylation is 2. The maximum Gasteiger partial charge on any atom is 0.270 e. The fourth-order valence-corrected chi connectivity index (χ4v) is 4.43. The number of hydrogen-bond acceptors (Lipinski definition) is 4. The highest BCUT2D eigenvalue weighted by Crippen LogP contribution is 2.28. The summed E-state index contributed by atoms with van der Waals surface area (Å²) in [5.74, 6) is -2.65. The molecule has 1 aliphatic heterocycles. The third-order valence-electron chi connectivity index (χ3n) is 6.48. The Morgan fingerprint density at radius 3 is 2.47 bits per heavy atom. The van der Waals surface area contributed by atoms with Gasteiger partial charge in [0.05, 0.1) is 5.39 Å². The van der Waals surface area contributed by atoms with Gasteiger partial charge < -0.3 is 14.5 Å². The van der Waals surface area contributed by atoms with E-state index in [0.29, 0.717) is 67.6 Å². The van der Waals surface area contributed by atoms with Crippen molar-refractivity contribution in [3.05, 3.63) is 63.8 Å². The summed E-state index contributed by atoms with van der Waals surface area (Å²) in [5.41, 5.74) is 0.744. The zero-order chi connectivity index (χ0) is 24.5. The molecule has 0 unspecified atom stereocenters. The Morgan fingerprint density at radius 2 is 1.82 bits per heavy atom. The molecule has 9 heteroatoms. The van der Waals surface area contributed by atoms with Gasteiger partial charge in [0, 0.05) is 63.1 Å². The second-order valence-electron chi connectivity index (χ2n) is 9.02. The Morgan fingerprint density at radius 1 is 1.15 bits per heavy atom. The van der Waals surface area contributed by atoms with Gasteiger partial charge in [-0.25, -0.2) is 13.8 Å². The lowest BCUT2D eigenvalue weighted by molar-refractivity contribution is -0.132. The molecule has 1 fully saturated rings. The molecule has 4 rings (SSSR count). The monoisotopic (exact) mass is 470 g/mol. The van der Waals surface area contributed by atoms with E-state index < -0.39 is 5.92 Å². The molecule has 1 N–H and O–H groups in total. The number of H-pyrrole nitrogens is 1. The number of ketones is 1. The van der Waals surface area contributed by atoms with Crippen LogP contribution < -0.4 is 5.56 Å². The molecule has 0 atom stereocenters. The van der Waals surface area contributed by atoms with Crippen molar-refractivity contribution in [3.63, 3.8) is 0 Å². The summed E-state index contributed by atoms with van der Waals surface area (Å²) in [6, 6.07) is 7.23. The molecule has 0 spiro atoms. The lowest BCUT2D eigenvalue weighted by Gasteiger charge is -2.31. The molecule has 0 aliphatic carbocycles. The second-order valence-corrected chi connectivity index (χ2v) is 9.02. The predicted molar refractivity (Wildman–Crippen MR) is 124 cm³/mol. The Balaban J connectivity index is 1.26. The van der Waals surface area contributed by atoms with Crippen LogP contribution in [0.5, 0.6) is 0 Å². The van der Waals surface area contributed by atoms with Crippen LogP contribution in [0.15, 0.2) is 41.3 Å². The van der Waals surface area contributed by atoms with Crippen LogP contribution in [-0.4, -0.2) is 44.2 Å². The van der Waals surface area contributed by atoms with Crippen molar-refractivity contribution in [1.82, 2.24) is 19.4 Å². The fourth-order valence-electron chi connectivity index (χ4n) is 4.43. The Labute approximate surface area is 195 Å². The maximum absolute atomic E-state index is 13.4. The van der Waals surface area contributed by atoms with E-state index in [9.17, 15) is 23.2 Å². The number of Topliss-reactive ketones (excluding diaryl/α,β-unsaturated/α-hetero) is 1. The number of amides is 1. The average molecular weight is 471 g/mol. The summed E-state index contributed by atoms with van der Waals surface area (Å²) >= 11 is 0. The van der Waals surface area contributed by atoms with Crippen LogP contribution in [0.4, 0.5) is 8.78 Å². The van der Waals surface area contributed by atoms with Crippen LogP contribution in [0.25, 0.3) is 11.0 Å². The number of alkyl halides is 2. The molecule has 34 heavy (non-hydrogen) atoms. The highest BCUT2D eigenvalue weighted by Gasteiger charge is 2.29. The van der Waals surface area contributed by atoms with Gasteiger partial charge in [-0.3, -0.25) is 14.4 Å². The number of likely N-dealkylation sites (tertiary alicyclic amines) is 1. The zero-order valence-electron chi connectivity index (χ0n) is 19.3. The number of aromatic nitrogens is 3. The lowest BCUT2D eigenvalue weighted by Crippen LogP contribution is -2.40. The molecular weight excluding hydrogens is 442 g/mol.